The van der Waals surface area contributed by atoms with E-state index in [1.54, 1.807) is 0 Å². The smallest absolute Gasteiger partial charge is 0.321 e. The molecule has 0 aliphatic rings. The van der Waals surface area contributed by atoms with Crippen LogP contribution < -0.4 is 0 Å². The van der Waals surface area contributed by atoms with Crippen LogP contribution in [0.4, 0.5) is 5.69 Å². The van der Waals surface area contributed by atoms with Gasteiger partial charge >= 0.3 is 5.97 Å². The first kappa shape index (κ1) is 16.0. The minimum Gasteiger partial charge on any atom is -0.461 e. The lowest BCUT2D eigenvalue weighted by molar-refractivity contribution is -0.384. The average Bonchev–Trinajstić information content (AvgIpc) is 2.88. The highest BCUT2D eigenvalue weighted by Gasteiger charge is 2.25. The number of carbonyl (C=O) groups excluding carboxylic acids is 1. The van der Waals surface area contributed by atoms with Gasteiger partial charge in [-0.15, -0.1) is 11.3 Å². The molecule has 1 aromatic carbocycles. The summed E-state index contributed by atoms with van der Waals surface area (Å²) in [5.74, 6) is -1.76. The highest BCUT2D eigenvalue weighted by Crippen LogP contribution is 2.29. The first-order chi connectivity index (χ1) is 10.3. The van der Waals surface area contributed by atoms with Crippen LogP contribution in [0, 0.1) is 10.1 Å². The fourth-order valence-corrected chi connectivity index (χ4v) is 3.99. The number of esters is 1. The van der Waals surface area contributed by atoms with E-state index in [4.69, 9.17) is 0 Å². The molecule has 0 aliphatic heterocycles. The van der Waals surface area contributed by atoms with Crippen molar-refractivity contribution in [3.63, 3.8) is 0 Å². The monoisotopic (exact) mass is 342 g/mol. The van der Waals surface area contributed by atoms with Crippen molar-refractivity contribution in [1.29, 1.82) is 0 Å². The first-order valence-corrected chi connectivity index (χ1v) is 8.34. The Morgan fingerprint density at radius 2 is 2.23 bits per heavy atom. The standard InChI is InChI=1S/C12H10N2O6S2/c1-2-5-20-11(15)7-22(18,19)12-13-9-4-3-8(14(16)17)6-10(9)21-12/h2-4,6H,1,5,7H2. The first-order valence-electron chi connectivity index (χ1n) is 5.88. The van der Waals surface area contributed by atoms with E-state index in [2.05, 4.69) is 16.3 Å². The van der Waals surface area contributed by atoms with Crippen LogP contribution in [0.25, 0.3) is 10.2 Å². The molecular weight excluding hydrogens is 332 g/mol. The molecule has 1 heterocycles. The number of ether oxygens (including phenoxy) is 1. The molecule has 0 unspecified atom stereocenters. The topological polar surface area (TPSA) is 116 Å². The zero-order valence-electron chi connectivity index (χ0n) is 11.1. The number of non-ortho nitro benzene ring substituents is 1. The Morgan fingerprint density at radius 3 is 2.86 bits per heavy atom. The molecule has 0 saturated heterocycles. The summed E-state index contributed by atoms with van der Waals surface area (Å²) in [6, 6.07) is 3.83. The summed E-state index contributed by atoms with van der Waals surface area (Å²) >= 11 is 0.770. The van der Waals surface area contributed by atoms with Gasteiger partial charge in [0.25, 0.3) is 5.69 Å². The molecule has 0 fully saturated rings. The summed E-state index contributed by atoms with van der Waals surface area (Å²) in [6.07, 6.45) is 1.32. The number of fused-ring (bicyclic) bond motifs is 1. The van der Waals surface area contributed by atoms with Crippen LogP contribution in [0.2, 0.25) is 0 Å². The van der Waals surface area contributed by atoms with Gasteiger partial charge in [0.05, 0.1) is 15.1 Å². The number of thiazole rings is 1. The number of sulfone groups is 1. The van der Waals surface area contributed by atoms with Crippen molar-refractivity contribution in [3.8, 4) is 0 Å². The number of hydrogen-bond donors (Lipinski definition) is 0. The summed E-state index contributed by atoms with van der Waals surface area (Å²) in [6.45, 7) is 3.26. The lowest BCUT2D eigenvalue weighted by atomic mass is 10.3. The highest BCUT2D eigenvalue weighted by molar-refractivity contribution is 7.94. The third kappa shape index (κ3) is 3.46. The molecule has 1 aromatic heterocycles. The van der Waals surface area contributed by atoms with Crippen LogP contribution in [0.1, 0.15) is 0 Å². The molecule has 8 nitrogen and oxygen atoms in total. The second-order valence-electron chi connectivity index (χ2n) is 4.12. The summed E-state index contributed by atoms with van der Waals surface area (Å²) in [5, 5.41) is 10.7. The Hall–Kier alpha value is -2.33. The second-order valence-corrected chi connectivity index (χ2v) is 7.31. The number of hydrogen-bond acceptors (Lipinski definition) is 8. The number of carbonyl (C=O) groups is 1. The maximum Gasteiger partial charge on any atom is 0.321 e. The normalized spacial score (nSPS) is 11.3. The molecule has 0 amide bonds. The Bertz CT molecular complexity index is 856. The summed E-state index contributed by atoms with van der Waals surface area (Å²) in [4.78, 5) is 25.4. The SMILES string of the molecule is C=CCOC(=O)CS(=O)(=O)c1nc2ccc([N+](=O)[O-])cc2s1. The van der Waals surface area contributed by atoms with Gasteiger partial charge in [-0.05, 0) is 6.07 Å². The van der Waals surface area contributed by atoms with Gasteiger partial charge in [-0.25, -0.2) is 13.4 Å². The van der Waals surface area contributed by atoms with Gasteiger partial charge in [-0.2, -0.15) is 0 Å². The Labute approximate surface area is 129 Å². The third-order valence-electron chi connectivity index (χ3n) is 2.50. The van der Waals surface area contributed by atoms with Gasteiger partial charge in [0.1, 0.15) is 6.61 Å². The minimum atomic E-state index is -3.96. The van der Waals surface area contributed by atoms with Crippen LogP contribution in [0.15, 0.2) is 35.2 Å². The van der Waals surface area contributed by atoms with Crippen molar-refractivity contribution in [2.45, 2.75) is 4.34 Å². The van der Waals surface area contributed by atoms with Crippen molar-refractivity contribution < 1.29 is 22.9 Å². The van der Waals surface area contributed by atoms with E-state index in [9.17, 15) is 23.3 Å². The third-order valence-corrected chi connectivity index (χ3v) is 5.56. The van der Waals surface area contributed by atoms with Crippen LogP contribution in [-0.4, -0.2) is 36.7 Å². The molecule has 0 atom stereocenters. The molecule has 0 bridgehead atoms. The quantitative estimate of drug-likeness (QED) is 0.339. The molecule has 2 rings (SSSR count). The van der Waals surface area contributed by atoms with Gasteiger partial charge in [0, 0.05) is 12.1 Å². The fraction of sp³-hybridized carbons (Fsp3) is 0.167. The number of nitro groups is 1. The highest BCUT2D eigenvalue weighted by atomic mass is 32.2. The number of nitro benzene ring substituents is 1. The van der Waals surface area contributed by atoms with E-state index in [0.717, 1.165) is 11.3 Å². The largest absolute Gasteiger partial charge is 0.461 e. The van der Waals surface area contributed by atoms with Gasteiger partial charge < -0.3 is 4.74 Å². The van der Waals surface area contributed by atoms with Gasteiger partial charge in [-0.1, -0.05) is 12.7 Å². The predicted molar refractivity (Wildman–Crippen MR) is 79.5 cm³/mol. The van der Waals surface area contributed by atoms with Crippen LogP contribution in [0.3, 0.4) is 0 Å². The minimum absolute atomic E-state index is 0.0829. The molecule has 0 saturated carbocycles. The average molecular weight is 342 g/mol. The molecule has 2 aromatic rings. The summed E-state index contributed by atoms with van der Waals surface area (Å²) < 4.78 is 28.9. The van der Waals surface area contributed by atoms with Gasteiger partial charge in [0.15, 0.2) is 5.75 Å². The summed E-state index contributed by atoms with van der Waals surface area (Å²) in [5.41, 5.74) is 0.152. The van der Waals surface area contributed by atoms with E-state index in [1.165, 1.54) is 24.3 Å². The number of nitrogens with zero attached hydrogens (tertiary/aromatic N) is 2. The Morgan fingerprint density at radius 1 is 1.50 bits per heavy atom. The molecule has 0 aliphatic carbocycles. The Kier molecular flexibility index (Phi) is 4.52. The molecule has 116 valence electrons. The van der Waals surface area contributed by atoms with E-state index in [0.29, 0.717) is 10.2 Å². The molecule has 0 radical (unpaired) electrons. The van der Waals surface area contributed by atoms with Crippen molar-refractivity contribution >= 4 is 43.0 Å². The molecule has 22 heavy (non-hydrogen) atoms. The predicted octanol–water partition coefficient (Wildman–Crippen LogP) is 1.71. The van der Waals surface area contributed by atoms with Crippen LogP contribution in [0.5, 0.6) is 0 Å². The van der Waals surface area contributed by atoms with E-state index >= 15 is 0 Å². The van der Waals surface area contributed by atoms with E-state index in [-0.39, 0.29) is 16.6 Å². The van der Waals surface area contributed by atoms with Crippen molar-refractivity contribution in [2.75, 3.05) is 12.4 Å². The zero-order chi connectivity index (χ0) is 16.3. The molecular formula is C12H10N2O6S2. The van der Waals surface area contributed by atoms with Crippen LogP contribution >= 0.6 is 11.3 Å². The lowest BCUT2D eigenvalue weighted by Crippen LogP contribution is -2.18. The number of aromatic nitrogens is 1. The second kappa shape index (κ2) is 6.20. The molecule has 0 N–H and O–H groups in total. The maximum absolute atomic E-state index is 12.1. The molecule has 10 heteroatoms. The fourth-order valence-electron chi connectivity index (χ4n) is 1.55. The van der Waals surface area contributed by atoms with Crippen molar-refractivity contribution in [2.24, 2.45) is 0 Å². The summed E-state index contributed by atoms with van der Waals surface area (Å²) in [7, 11) is -3.96. The van der Waals surface area contributed by atoms with E-state index < -0.39 is 26.5 Å². The zero-order valence-corrected chi connectivity index (χ0v) is 12.7. The number of rotatable bonds is 6. The van der Waals surface area contributed by atoms with Crippen molar-refractivity contribution in [3.05, 3.63) is 41.0 Å². The maximum atomic E-state index is 12.1. The van der Waals surface area contributed by atoms with E-state index in [1.807, 2.05) is 0 Å². The number of benzene rings is 1. The van der Waals surface area contributed by atoms with Crippen molar-refractivity contribution in [1.82, 2.24) is 4.98 Å². The van der Waals surface area contributed by atoms with Gasteiger partial charge in [-0.3, -0.25) is 14.9 Å². The lowest BCUT2D eigenvalue weighted by Gasteiger charge is -2.01. The Balaban J connectivity index is 2.31. The van der Waals surface area contributed by atoms with Crippen LogP contribution in [-0.2, 0) is 19.4 Å². The van der Waals surface area contributed by atoms with Gasteiger partial charge in [0.2, 0.25) is 14.2 Å². The molecule has 0 spiro atoms.